The lowest BCUT2D eigenvalue weighted by molar-refractivity contribution is -0.145. The molecule has 0 saturated carbocycles. The predicted octanol–water partition coefficient (Wildman–Crippen LogP) is 3.28. The highest BCUT2D eigenvalue weighted by atomic mass is 16.5. The van der Waals surface area contributed by atoms with Gasteiger partial charge in [-0.1, -0.05) is 32.0 Å². The fourth-order valence-electron chi connectivity index (χ4n) is 2.93. The number of nitrogens with zero attached hydrogens (tertiary/aromatic N) is 1. The van der Waals surface area contributed by atoms with Gasteiger partial charge in [0.25, 0.3) is 5.91 Å². The van der Waals surface area contributed by atoms with E-state index in [1.54, 1.807) is 37.3 Å². The van der Waals surface area contributed by atoms with E-state index in [0.29, 0.717) is 17.7 Å². The smallest absolute Gasteiger partial charge is 0.317 e. The van der Waals surface area contributed by atoms with Gasteiger partial charge < -0.3 is 15.2 Å². The first kappa shape index (κ1) is 20.4. The molecule has 0 bridgehead atoms. The summed E-state index contributed by atoms with van der Waals surface area (Å²) in [5.74, 6) is -1.22. The second-order valence-corrected chi connectivity index (χ2v) is 6.75. The standard InChI is InChI=1S/C21H26N2O4/c1-4-27-21(26)19(17-11-10-16(24)13-22-17)18(12-14(2)3)23-20(25)15-8-6-5-7-9-15/h5-11,13-14,18-19,24H,4,12H2,1-3H3,(H,23,25). The molecule has 2 atom stereocenters. The SMILES string of the molecule is CCOC(=O)C(c1ccc(O)cn1)C(CC(C)C)NC(=O)c1ccccc1. The number of nitrogens with one attached hydrogen (secondary N) is 1. The molecule has 2 unspecified atom stereocenters. The third-order valence-electron chi connectivity index (χ3n) is 4.11. The second kappa shape index (κ2) is 9.71. The molecule has 1 aromatic carbocycles. The molecule has 0 saturated heterocycles. The van der Waals surface area contributed by atoms with Crippen LogP contribution < -0.4 is 5.32 Å². The number of esters is 1. The van der Waals surface area contributed by atoms with Crippen molar-refractivity contribution in [1.82, 2.24) is 10.3 Å². The zero-order valence-electron chi connectivity index (χ0n) is 15.9. The van der Waals surface area contributed by atoms with E-state index in [2.05, 4.69) is 10.3 Å². The summed E-state index contributed by atoms with van der Waals surface area (Å²) in [5.41, 5.74) is 0.970. The van der Waals surface area contributed by atoms with Crippen molar-refractivity contribution in [2.45, 2.75) is 39.2 Å². The van der Waals surface area contributed by atoms with Crippen LogP contribution in [0.15, 0.2) is 48.7 Å². The van der Waals surface area contributed by atoms with Crippen LogP contribution in [0.5, 0.6) is 5.75 Å². The van der Waals surface area contributed by atoms with Crippen molar-refractivity contribution in [2.75, 3.05) is 6.61 Å². The Morgan fingerprint density at radius 1 is 1.15 bits per heavy atom. The zero-order chi connectivity index (χ0) is 19.8. The quantitative estimate of drug-likeness (QED) is 0.696. The van der Waals surface area contributed by atoms with Gasteiger partial charge >= 0.3 is 5.97 Å². The van der Waals surface area contributed by atoms with Gasteiger partial charge in [0.2, 0.25) is 0 Å². The van der Waals surface area contributed by atoms with E-state index in [-0.39, 0.29) is 24.2 Å². The number of pyridine rings is 1. The molecule has 144 valence electrons. The topological polar surface area (TPSA) is 88.5 Å². The Bertz CT molecular complexity index is 745. The van der Waals surface area contributed by atoms with Crippen molar-refractivity contribution in [2.24, 2.45) is 5.92 Å². The lowest BCUT2D eigenvalue weighted by Gasteiger charge is -2.27. The minimum Gasteiger partial charge on any atom is -0.506 e. The summed E-state index contributed by atoms with van der Waals surface area (Å²) in [4.78, 5) is 29.6. The number of ether oxygens (including phenoxy) is 1. The maximum atomic E-state index is 12.7. The van der Waals surface area contributed by atoms with Crippen molar-refractivity contribution >= 4 is 11.9 Å². The number of aromatic nitrogens is 1. The number of rotatable bonds is 8. The predicted molar refractivity (Wildman–Crippen MR) is 102 cm³/mol. The average Bonchev–Trinajstić information content (AvgIpc) is 2.64. The average molecular weight is 370 g/mol. The summed E-state index contributed by atoms with van der Waals surface area (Å²) in [5, 5.41) is 12.5. The Morgan fingerprint density at radius 3 is 2.41 bits per heavy atom. The second-order valence-electron chi connectivity index (χ2n) is 6.75. The maximum absolute atomic E-state index is 12.7. The molecule has 1 amide bonds. The van der Waals surface area contributed by atoms with Crippen LogP contribution in [0.25, 0.3) is 0 Å². The van der Waals surface area contributed by atoms with Gasteiger partial charge in [-0.15, -0.1) is 0 Å². The minimum absolute atomic E-state index is 0.00934. The van der Waals surface area contributed by atoms with Gasteiger partial charge in [0.05, 0.1) is 18.5 Å². The summed E-state index contributed by atoms with van der Waals surface area (Å²) in [7, 11) is 0. The van der Waals surface area contributed by atoms with Crippen LogP contribution in [0.3, 0.4) is 0 Å². The van der Waals surface area contributed by atoms with Gasteiger partial charge in [0.1, 0.15) is 11.7 Å². The molecule has 0 aliphatic heterocycles. The molecular weight excluding hydrogens is 344 g/mol. The molecule has 0 radical (unpaired) electrons. The van der Waals surface area contributed by atoms with E-state index in [0.717, 1.165) is 0 Å². The van der Waals surface area contributed by atoms with E-state index in [1.807, 2.05) is 19.9 Å². The van der Waals surface area contributed by atoms with Gasteiger partial charge in [0.15, 0.2) is 0 Å². The van der Waals surface area contributed by atoms with Gasteiger partial charge in [0, 0.05) is 11.6 Å². The highest BCUT2D eigenvalue weighted by Crippen LogP contribution is 2.26. The molecule has 2 aromatic rings. The fraction of sp³-hybridized carbons (Fsp3) is 0.381. The number of amides is 1. The Kier molecular flexibility index (Phi) is 7.34. The van der Waals surface area contributed by atoms with Crippen LogP contribution >= 0.6 is 0 Å². The number of benzene rings is 1. The molecule has 6 heteroatoms. The van der Waals surface area contributed by atoms with Crippen molar-refractivity contribution in [3.8, 4) is 5.75 Å². The van der Waals surface area contributed by atoms with Crippen LogP contribution in [0.4, 0.5) is 0 Å². The summed E-state index contributed by atoms with van der Waals surface area (Å²) < 4.78 is 5.25. The number of hydrogen-bond donors (Lipinski definition) is 2. The number of aromatic hydroxyl groups is 1. The molecule has 2 N–H and O–H groups in total. The van der Waals surface area contributed by atoms with E-state index in [4.69, 9.17) is 4.74 Å². The van der Waals surface area contributed by atoms with Crippen molar-refractivity contribution in [3.05, 3.63) is 59.9 Å². The zero-order valence-corrected chi connectivity index (χ0v) is 15.9. The van der Waals surface area contributed by atoms with Crippen molar-refractivity contribution < 1.29 is 19.4 Å². The molecule has 0 aliphatic rings. The largest absolute Gasteiger partial charge is 0.506 e. The summed E-state index contributed by atoms with van der Waals surface area (Å²) in [6.45, 7) is 6.01. The van der Waals surface area contributed by atoms with Crippen LogP contribution in [0.2, 0.25) is 0 Å². The van der Waals surface area contributed by atoms with Crippen LogP contribution in [0, 0.1) is 5.92 Å². The summed E-state index contributed by atoms with van der Waals surface area (Å²) in [6, 6.07) is 11.4. The van der Waals surface area contributed by atoms with Gasteiger partial charge in [-0.05, 0) is 43.5 Å². The highest BCUT2D eigenvalue weighted by molar-refractivity contribution is 5.95. The minimum atomic E-state index is -0.763. The van der Waals surface area contributed by atoms with E-state index in [9.17, 15) is 14.7 Å². The Balaban J connectivity index is 2.36. The Hall–Kier alpha value is -2.89. The molecule has 0 fully saturated rings. The van der Waals surface area contributed by atoms with E-state index >= 15 is 0 Å². The van der Waals surface area contributed by atoms with Crippen molar-refractivity contribution in [3.63, 3.8) is 0 Å². The first-order chi connectivity index (χ1) is 12.9. The number of carbonyl (C=O) groups is 2. The van der Waals surface area contributed by atoms with E-state index in [1.165, 1.54) is 12.3 Å². The first-order valence-electron chi connectivity index (χ1n) is 9.09. The molecule has 0 spiro atoms. The third kappa shape index (κ3) is 5.81. The third-order valence-corrected chi connectivity index (χ3v) is 4.11. The molecular formula is C21H26N2O4. The molecule has 1 aromatic heterocycles. The normalized spacial score (nSPS) is 13.0. The lowest BCUT2D eigenvalue weighted by atomic mass is 9.88. The van der Waals surface area contributed by atoms with Crippen LogP contribution in [-0.4, -0.2) is 34.6 Å². The molecule has 6 nitrogen and oxygen atoms in total. The fourth-order valence-corrected chi connectivity index (χ4v) is 2.93. The van der Waals surface area contributed by atoms with Gasteiger partial charge in [-0.3, -0.25) is 14.6 Å². The van der Waals surface area contributed by atoms with Gasteiger partial charge in [-0.2, -0.15) is 0 Å². The molecule has 2 rings (SSSR count). The molecule has 1 heterocycles. The van der Waals surface area contributed by atoms with Crippen LogP contribution in [-0.2, 0) is 9.53 Å². The molecule has 0 aliphatic carbocycles. The van der Waals surface area contributed by atoms with Gasteiger partial charge in [-0.25, -0.2) is 0 Å². The van der Waals surface area contributed by atoms with Crippen LogP contribution in [0.1, 0.15) is 49.2 Å². The maximum Gasteiger partial charge on any atom is 0.317 e. The summed E-state index contributed by atoms with van der Waals surface area (Å²) in [6.07, 6.45) is 1.86. The number of hydrogen-bond acceptors (Lipinski definition) is 5. The summed E-state index contributed by atoms with van der Waals surface area (Å²) >= 11 is 0. The highest BCUT2D eigenvalue weighted by Gasteiger charge is 2.34. The Morgan fingerprint density at radius 2 is 1.85 bits per heavy atom. The number of carbonyl (C=O) groups excluding carboxylic acids is 2. The van der Waals surface area contributed by atoms with E-state index < -0.39 is 17.9 Å². The lowest BCUT2D eigenvalue weighted by Crippen LogP contribution is -2.43. The van der Waals surface area contributed by atoms with Crippen molar-refractivity contribution in [1.29, 1.82) is 0 Å². The molecule has 27 heavy (non-hydrogen) atoms. The monoisotopic (exact) mass is 370 g/mol. The Labute approximate surface area is 159 Å². The first-order valence-corrected chi connectivity index (χ1v) is 9.09.